The molecule has 2 saturated carbocycles. The first-order chi connectivity index (χ1) is 10.7. The van der Waals surface area contributed by atoms with Crippen molar-refractivity contribution in [3.63, 3.8) is 0 Å². The molecule has 0 bridgehead atoms. The van der Waals surface area contributed by atoms with Crippen molar-refractivity contribution in [3.8, 4) is 0 Å². The number of sulfone groups is 1. The Morgan fingerprint density at radius 1 is 1.22 bits per heavy atom. The number of hydrogen-bond donors (Lipinski definition) is 2. The molecular formula is C16H19NO5S. The predicted octanol–water partition coefficient (Wildman–Crippen LogP) is 2.31. The fourth-order valence-corrected chi connectivity index (χ4v) is 4.27. The quantitative estimate of drug-likeness (QED) is 0.878. The normalized spacial score (nSPS) is 22.0. The third kappa shape index (κ3) is 3.10. The van der Waals surface area contributed by atoms with Crippen LogP contribution in [0.2, 0.25) is 0 Å². The zero-order valence-electron chi connectivity index (χ0n) is 12.8. The van der Waals surface area contributed by atoms with E-state index in [2.05, 4.69) is 5.32 Å². The Balaban J connectivity index is 1.83. The van der Waals surface area contributed by atoms with Gasteiger partial charge in [0.15, 0.2) is 9.84 Å². The zero-order valence-corrected chi connectivity index (χ0v) is 13.6. The van der Waals surface area contributed by atoms with Crippen LogP contribution in [0.5, 0.6) is 0 Å². The fourth-order valence-electron chi connectivity index (χ4n) is 3.59. The largest absolute Gasteiger partial charge is 0.478 e. The van der Waals surface area contributed by atoms with Gasteiger partial charge in [0.2, 0.25) is 5.91 Å². The number of carbonyl (C=O) groups excluding carboxylic acids is 1. The van der Waals surface area contributed by atoms with E-state index in [0.29, 0.717) is 0 Å². The van der Waals surface area contributed by atoms with E-state index in [-0.39, 0.29) is 33.4 Å². The fraction of sp³-hybridized carbons (Fsp3) is 0.500. The third-order valence-corrected chi connectivity index (χ3v) is 6.05. The van der Waals surface area contributed by atoms with Gasteiger partial charge in [-0.05, 0) is 42.9 Å². The molecular weight excluding hydrogens is 318 g/mol. The number of carboxylic acids is 1. The van der Waals surface area contributed by atoms with E-state index in [9.17, 15) is 18.0 Å². The molecule has 6 nitrogen and oxygen atoms in total. The average molecular weight is 337 g/mol. The number of benzene rings is 1. The van der Waals surface area contributed by atoms with Crippen molar-refractivity contribution in [2.24, 2.45) is 11.3 Å². The van der Waals surface area contributed by atoms with Gasteiger partial charge in [0.05, 0.1) is 10.5 Å². The molecule has 1 unspecified atom stereocenters. The Labute approximate surface area is 134 Å². The summed E-state index contributed by atoms with van der Waals surface area (Å²) in [5, 5.41) is 11.8. The SMILES string of the molecule is CS(=O)(=O)c1cc(NC(=O)C2CC23CCCC3)cc(C(=O)O)c1. The van der Waals surface area contributed by atoms with Gasteiger partial charge in [-0.25, -0.2) is 13.2 Å². The van der Waals surface area contributed by atoms with E-state index in [4.69, 9.17) is 5.11 Å². The lowest BCUT2D eigenvalue weighted by Gasteiger charge is -2.11. The van der Waals surface area contributed by atoms with E-state index in [1.54, 1.807) is 0 Å². The lowest BCUT2D eigenvalue weighted by Crippen LogP contribution is -2.18. The van der Waals surface area contributed by atoms with E-state index >= 15 is 0 Å². The number of aromatic carboxylic acids is 1. The molecule has 7 heteroatoms. The van der Waals surface area contributed by atoms with E-state index in [1.165, 1.54) is 12.1 Å². The van der Waals surface area contributed by atoms with Gasteiger partial charge in [0, 0.05) is 17.9 Å². The molecule has 2 fully saturated rings. The first-order valence-corrected chi connectivity index (χ1v) is 9.50. The second-order valence-electron chi connectivity index (χ2n) is 6.64. The molecule has 2 aliphatic rings. The van der Waals surface area contributed by atoms with Crippen LogP contribution in [-0.2, 0) is 14.6 Å². The molecule has 124 valence electrons. The summed E-state index contributed by atoms with van der Waals surface area (Å²) < 4.78 is 23.4. The molecule has 0 saturated heterocycles. The summed E-state index contributed by atoms with van der Waals surface area (Å²) in [5.41, 5.74) is 0.193. The summed E-state index contributed by atoms with van der Waals surface area (Å²) in [4.78, 5) is 23.4. The van der Waals surface area contributed by atoms with E-state index in [1.807, 2.05) is 0 Å². The molecule has 1 spiro atoms. The van der Waals surface area contributed by atoms with Gasteiger partial charge in [-0.1, -0.05) is 12.8 Å². The Hall–Kier alpha value is -1.89. The molecule has 23 heavy (non-hydrogen) atoms. The highest BCUT2D eigenvalue weighted by Gasteiger charge is 2.58. The maximum atomic E-state index is 12.4. The number of anilines is 1. The Bertz CT molecular complexity index is 778. The molecule has 3 rings (SSSR count). The number of carbonyl (C=O) groups is 2. The number of rotatable bonds is 4. The number of hydrogen-bond acceptors (Lipinski definition) is 4. The molecule has 1 amide bonds. The van der Waals surface area contributed by atoms with Crippen LogP contribution >= 0.6 is 0 Å². The van der Waals surface area contributed by atoms with E-state index in [0.717, 1.165) is 44.4 Å². The zero-order chi connectivity index (χ0) is 16.8. The van der Waals surface area contributed by atoms with Crippen LogP contribution in [0.3, 0.4) is 0 Å². The van der Waals surface area contributed by atoms with Crippen LogP contribution in [0.1, 0.15) is 42.5 Å². The summed E-state index contributed by atoms with van der Waals surface area (Å²) in [6, 6.07) is 3.70. The first kappa shape index (κ1) is 16.0. The van der Waals surface area contributed by atoms with E-state index < -0.39 is 15.8 Å². The lowest BCUT2D eigenvalue weighted by molar-refractivity contribution is -0.118. The summed E-state index contributed by atoms with van der Waals surface area (Å²) in [5.74, 6) is -1.42. The second-order valence-corrected chi connectivity index (χ2v) is 8.65. The summed E-state index contributed by atoms with van der Waals surface area (Å²) >= 11 is 0. The van der Waals surface area contributed by atoms with Crippen molar-refractivity contribution in [1.82, 2.24) is 0 Å². The van der Waals surface area contributed by atoms with Gasteiger partial charge in [-0.2, -0.15) is 0 Å². The first-order valence-electron chi connectivity index (χ1n) is 7.61. The number of nitrogens with one attached hydrogen (secondary N) is 1. The maximum Gasteiger partial charge on any atom is 0.335 e. The van der Waals surface area contributed by atoms with Crippen molar-refractivity contribution in [3.05, 3.63) is 23.8 Å². The van der Waals surface area contributed by atoms with Gasteiger partial charge in [-0.3, -0.25) is 4.79 Å². The number of amides is 1. The van der Waals surface area contributed by atoms with Gasteiger partial charge < -0.3 is 10.4 Å². The van der Waals surface area contributed by atoms with Gasteiger partial charge in [0.1, 0.15) is 0 Å². The molecule has 2 N–H and O–H groups in total. The monoisotopic (exact) mass is 337 g/mol. The van der Waals surface area contributed by atoms with Crippen LogP contribution < -0.4 is 5.32 Å². The van der Waals surface area contributed by atoms with Crippen LogP contribution in [0.25, 0.3) is 0 Å². The minimum absolute atomic E-state index is 0.0415. The smallest absolute Gasteiger partial charge is 0.335 e. The highest BCUT2D eigenvalue weighted by atomic mass is 32.2. The molecule has 1 aromatic rings. The number of carboxylic acid groups (broad SMARTS) is 1. The average Bonchev–Trinajstić information content (AvgIpc) is 2.95. The van der Waals surface area contributed by atoms with Crippen LogP contribution in [0, 0.1) is 11.3 Å². The van der Waals surface area contributed by atoms with Crippen molar-refractivity contribution >= 4 is 27.4 Å². The highest BCUT2D eigenvalue weighted by molar-refractivity contribution is 7.90. The molecule has 0 radical (unpaired) electrons. The van der Waals surface area contributed by atoms with Crippen molar-refractivity contribution < 1.29 is 23.1 Å². The van der Waals surface area contributed by atoms with Crippen molar-refractivity contribution in [1.29, 1.82) is 0 Å². The predicted molar refractivity (Wildman–Crippen MR) is 84.1 cm³/mol. The van der Waals surface area contributed by atoms with Crippen LogP contribution in [0.15, 0.2) is 23.1 Å². The summed E-state index contributed by atoms with van der Waals surface area (Å²) in [6.07, 6.45) is 6.31. The van der Waals surface area contributed by atoms with Gasteiger partial charge in [-0.15, -0.1) is 0 Å². The molecule has 1 atom stereocenters. The Morgan fingerprint density at radius 3 is 2.43 bits per heavy atom. The van der Waals surface area contributed by atoms with Crippen LogP contribution in [-0.4, -0.2) is 31.7 Å². The maximum absolute atomic E-state index is 12.4. The summed E-state index contributed by atoms with van der Waals surface area (Å²) in [7, 11) is -3.56. The molecule has 0 aromatic heterocycles. The topological polar surface area (TPSA) is 101 Å². The molecule has 1 aromatic carbocycles. The minimum Gasteiger partial charge on any atom is -0.478 e. The van der Waals surface area contributed by atoms with Gasteiger partial charge in [0.25, 0.3) is 0 Å². The van der Waals surface area contributed by atoms with Crippen molar-refractivity contribution in [2.45, 2.75) is 37.0 Å². The highest BCUT2D eigenvalue weighted by Crippen LogP contribution is 2.63. The minimum atomic E-state index is -3.56. The third-order valence-electron chi connectivity index (χ3n) is 4.95. The summed E-state index contributed by atoms with van der Waals surface area (Å²) in [6.45, 7) is 0. The molecule has 0 aliphatic heterocycles. The van der Waals surface area contributed by atoms with Crippen LogP contribution in [0.4, 0.5) is 5.69 Å². The van der Waals surface area contributed by atoms with Crippen molar-refractivity contribution in [2.75, 3.05) is 11.6 Å². The lowest BCUT2D eigenvalue weighted by atomic mass is 10.0. The van der Waals surface area contributed by atoms with Gasteiger partial charge >= 0.3 is 5.97 Å². The molecule has 2 aliphatic carbocycles. The second kappa shape index (κ2) is 5.33. The molecule has 0 heterocycles. The Kier molecular flexibility index (Phi) is 3.71. The standard InChI is InChI=1S/C16H19NO5S/c1-23(21,22)12-7-10(15(19)20)6-11(8-12)17-14(18)13-9-16(13)4-2-3-5-16/h6-8,13H,2-5,9H2,1H3,(H,17,18)(H,19,20). The Morgan fingerprint density at radius 2 is 1.87 bits per heavy atom.